The number of aromatic hydroxyl groups is 1. The molecular formula is C20H19FN4O2. The van der Waals surface area contributed by atoms with Crippen LogP contribution in [0.3, 0.4) is 0 Å². The third-order valence-electron chi connectivity index (χ3n) is 4.29. The molecular weight excluding hydrogens is 347 g/mol. The van der Waals surface area contributed by atoms with E-state index in [0.717, 1.165) is 18.9 Å². The lowest BCUT2D eigenvalue weighted by atomic mass is 10.2. The SMILES string of the molecule is Oc1cccc(-c2nc(Nc3ccccc3F)cc(N3CCOCC3)n2)c1. The highest BCUT2D eigenvalue weighted by Crippen LogP contribution is 2.27. The lowest BCUT2D eigenvalue weighted by molar-refractivity contribution is 0.122. The Morgan fingerprint density at radius 1 is 1.00 bits per heavy atom. The third-order valence-corrected chi connectivity index (χ3v) is 4.29. The van der Waals surface area contributed by atoms with Gasteiger partial charge in [-0.1, -0.05) is 24.3 Å². The van der Waals surface area contributed by atoms with Gasteiger partial charge in [-0.2, -0.15) is 0 Å². The topological polar surface area (TPSA) is 70.5 Å². The largest absolute Gasteiger partial charge is 0.508 e. The van der Waals surface area contributed by atoms with E-state index in [1.807, 2.05) is 6.07 Å². The molecule has 2 aromatic carbocycles. The van der Waals surface area contributed by atoms with Gasteiger partial charge in [-0.15, -0.1) is 0 Å². The number of halogens is 1. The Balaban J connectivity index is 1.75. The number of benzene rings is 2. The molecule has 0 bridgehead atoms. The summed E-state index contributed by atoms with van der Waals surface area (Å²) in [5, 5.41) is 12.8. The van der Waals surface area contributed by atoms with Crippen molar-refractivity contribution in [3.05, 3.63) is 60.4 Å². The molecule has 1 fully saturated rings. The van der Waals surface area contributed by atoms with Gasteiger partial charge in [0.1, 0.15) is 23.2 Å². The average Bonchev–Trinajstić information content (AvgIpc) is 2.70. The summed E-state index contributed by atoms with van der Waals surface area (Å²) in [4.78, 5) is 11.3. The number of anilines is 3. The maximum atomic E-state index is 14.0. The first kappa shape index (κ1) is 17.2. The molecule has 1 saturated heterocycles. The summed E-state index contributed by atoms with van der Waals surface area (Å²) >= 11 is 0. The van der Waals surface area contributed by atoms with Crippen molar-refractivity contribution in [1.82, 2.24) is 9.97 Å². The van der Waals surface area contributed by atoms with Crippen molar-refractivity contribution >= 4 is 17.3 Å². The van der Waals surface area contributed by atoms with Crippen molar-refractivity contribution in [3.63, 3.8) is 0 Å². The Morgan fingerprint density at radius 2 is 1.81 bits per heavy atom. The van der Waals surface area contributed by atoms with Gasteiger partial charge in [0.25, 0.3) is 0 Å². The smallest absolute Gasteiger partial charge is 0.164 e. The predicted molar refractivity (Wildman–Crippen MR) is 102 cm³/mol. The van der Waals surface area contributed by atoms with Gasteiger partial charge >= 0.3 is 0 Å². The van der Waals surface area contributed by atoms with Crippen LogP contribution in [0, 0.1) is 5.82 Å². The molecule has 0 saturated carbocycles. The molecule has 0 unspecified atom stereocenters. The maximum Gasteiger partial charge on any atom is 0.164 e. The molecule has 0 amide bonds. The number of ether oxygens (including phenoxy) is 1. The zero-order valence-electron chi connectivity index (χ0n) is 14.6. The zero-order valence-corrected chi connectivity index (χ0v) is 14.6. The number of nitrogens with zero attached hydrogens (tertiary/aromatic N) is 3. The second-order valence-electron chi connectivity index (χ2n) is 6.19. The standard InChI is InChI=1S/C20H19FN4O2/c21-16-6-1-2-7-17(16)22-18-13-19(25-8-10-27-11-9-25)24-20(23-18)14-4-3-5-15(26)12-14/h1-7,12-13,26H,8-11H2,(H,22,23,24). The van der Waals surface area contributed by atoms with Gasteiger partial charge in [0, 0.05) is 24.7 Å². The number of phenols is 1. The lowest BCUT2D eigenvalue weighted by Gasteiger charge is -2.28. The first-order chi connectivity index (χ1) is 13.2. The van der Waals surface area contributed by atoms with E-state index in [1.165, 1.54) is 6.07 Å². The minimum Gasteiger partial charge on any atom is -0.508 e. The molecule has 1 aromatic heterocycles. The van der Waals surface area contributed by atoms with Crippen LogP contribution in [0.5, 0.6) is 5.75 Å². The lowest BCUT2D eigenvalue weighted by Crippen LogP contribution is -2.36. The van der Waals surface area contributed by atoms with Crippen LogP contribution in [0.1, 0.15) is 0 Å². The fourth-order valence-electron chi connectivity index (χ4n) is 2.93. The number of rotatable bonds is 4. The molecule has 138 valence electrons. The van der Waals surface area contributed by atoms with Gasteiger partial charge in [-0.05, 0) is 24.3 Å². The number of aromatic nitrogens is 2. The van der Waals surface area contributed by atoms with Gasteiger partial charge < -0.3 is 20.1 Å². The van der Waals surface area contributed by atoms with E-state index >= 15 is 0 Å². The summed E-state index contributed by atoms with van der Waals surface area (Å²) in [5.74, 6) is 1.44. The highest BCUT2D eigenvalue weighted by atomic mass is 19.1. The molecule has 1 aliphatic rings. The molecule has 6 nitrogen and oxygen atoms in total. The Kier molecular flexibility index (Phi) is 4.84. The van der Waals surface area contributed by atoms with Crippen molar-refractivity contribution in [2.24, 2.45) is 0 Å². The minimum atomic E-state index is -0.358. The maximum absolute atomic E-state index is 14.0. The first-order valence-corrected chi connectivity index (χ1v) is 8.72. The molecule has 7 heteroatoms. The number of hydrogen-bond acceptors (Lipinski definition) is 6. The fraction of sp³-hybridized carbons (Fsp3) is 0.200. The highest BCUT2D eigenvalue weighted by Gasteiger charge is 2.16. The van der Waals surface area contributed by atoms with E-state index in [-0.39, 0.29) is 11.6 Å². The highest BCUT2D eigenvalue weighted by molar-refractivity contribution is 5.66. The second kappa shape index (κ2) is 7.59. The summed E-state index contributed by atoms with van der Waals surface area (Å²) in [6, 6.07) is 15.0. The number of nitrogens with one attached hydrogen (secondary N) is 1. The molecule has 1 aliphatic heterocycles. The van der Waals surface area contributed by atoms with Crippen LogP contribution in [0.15, 0.2) is 54.6 Å². The predicted octanol–water partition coefficient (Wildman–Crippen LogP) is 3.57. The number of para-hydroxylation sites is 1. The first-order valence-electron chi connectivity index (χ1n) is 8.72. The van der Waals surface area contributed by atoms with Gasteiger partial charge in [0.2, 0.25) is 0 Å². The van der Waals surface area contributed by atoms with Gasteiger partial charge in [-0.3, -0.25) is 0 Å². The molecule has 3 aromatic rings. The van der Waals surface area contributed by atoms with Crippen molar-refractivity contribution in [2.45, 2.75) is 0 Å². The summed E-state index contributed by atoms with van der Waals surface area (Å²) < 4.78 is 19.5. The molecule has 0 atom stereocenters. The fourth-order valence-corrected chi connectivity index (χ4v) is 2.93. The quantitative estimate of drug-likeness (QED) is 0.736. The summed E-state index contributed by atoms with van der Waals surface area (Å²) in [7, 11) is 0. The summed E-state index contributed by atoms with van der Waals surface area (Å²) in [6.07, 6.45) is 0. The molecule has 27 heavy (non-hydrogen) atoms. The van der Waals surface area contributed by atoms with E-state index in [9.17, 15) is 9.50 Å². The molecule has 4 rings (SSSR count). The van der Waals surface area contributed by atoms with Gasteiger partial charge in [0.05, 0.1) is 18.9 Å². The Bertz CT molecular complexity index is 945. The van der Waals surface area contributed by atoms with Crippen LogP contribution in [0.2, 0.25) is 0 Å². The van der Waals surface area contributed by atoms with E-state index in [2.05, 4.69) is 20.2 Å². The van der Waals surface area contributed by atoms with E-state index < -0.39 is 0 Å². The monoisotopic (exact) mass is 366 g/mol. The minimum absolute atomic E-state index is 0.136. The van der Waals surface area contributed by atoms with Gasteiger partial charge in [0.15, 0.2) is 5.82 Å². The van der Waals surface area contributed by atoms with Crippen LogP contribution in [-0.4, -0.2) is 41.4 Å². The van der Waals surface area contributed by atoms with Crippen LogP contribution in [0.4, 0.5) is 21.7 Å². The number of phenolic OH excluding ortho intramolecular Hbond substituents is 1. The Labute approximate surface area is 156 Å². The molecule has 0 aliphatic carbocycles. The normalized spacial score (nSPS) is 14.2. The molecule has 2 heterocycles. The van der Waals surface area contributed by atoms with E-state index in [4.69, 9.17) is 4.74 Å². The molecule has 2 N–H and O–H groups in total. The molecule has 0 radical (unpaired) electrons. The van der Waals surface area contributed by atoms with Crippen LogP contribution >= 0.6 is 0 Å². The average molecular weight is 366 g/mol. The second-order valence-corrected chi connectivity index (χ2v) is 6.19. The van der Waals surface area contributed by atoms with Crippen LogP contribution < -0.4 is 10.2 Å². The van der Waals surface area contributed by atoms with Crippen molar-refractivity contribution < 1.29 is 14.2 Å². The van der Waals surface area contributed by atoms with Crippen molar-refractivity contribution in [2.75, 3.05) is 36.5 Å². The zero-order chi connectivity index (χ0) is 18.6. The molecule has 0 spiro atoms. The number of morpholine rings is 1. The summed E-state index contributed by atoms with van der Waals surface area (Å²) in [6.45, 7) is 2.69. The van der Waals surface area contributed by atoms with Crippen LogP contribution in [0.25, 0.3) is 11.4 Å². The van der Waals surface area contributed by atoms with E-state index in [1.54, 1.807) is 42.5 Å². The van der Waals surface area contributed by atoms with Gasteiger partial charge in [-0.25, -0.2) is 14.4 Å². The van der Waals surface area contributed by atoms with Crippen molar-refractivity contribution in [1.29, 1.82) is 0 Å². The van der Waals surface area contributed by atoms with Crippen LogP contribution in [-0.2, 0) is 4.74 Å². The number of hydrogen-bond donors (Lipinski definition) is 2. The Hall–Kier alpha value is -3.19. The van der Waals surface area contributed by atoms with E-state index in [0.29, 0.717) is 36.1 Å². The summed E-state index contributed by atoms with van der Waals surface area (Å²) in [5.41, 5.74) is 1.02. The van der Waals surface area contributed by atoms with Crippen molar-refractivity contribution in [3.8, 4) is 17.1 Å². The third kappa shape index (κ3) is 3.98. The Morgan fingerprint density at radius 3 is 2.59 bits per heavy atom.